The molecule has 3 aromatic rings. The Balaban J connectivity index is 1.93. The molecule has 0 spiro atoms. The van der Waals surface area contributed by atoms with Crippen LogP contribution in [-0.4, -0.2) is 33.8 Å². The van der Waals surface area contributed by atoms with Crippen LogP contribution in [0.15, 0.2) is 60.7 Å². The van der Waals surface area contributed by atoms with E-state index in [0.29, 0.717) is 6.54 Å². The summed E-state index contributed by atoms with van der Waals surface area (Å²) < 4.78 is 0. The predicted octanol–water partition coefficient (Wildman–Crippen LogP) is 4.21. The maximum Gasteiger partial charge on any atom is 0.269 e. The van der Waals surface area contributed by atoms with Gasteiger partial charge in [0.2, 0.25) is 0 Å². The molecule has 2 atom stereocenters. The molecule has 2 unspecified atom stereocenters. The van der Waals surface area contributed by atoms with E-state index in [2.05, 4.69) is 4.90 Å². The van der Waals surface area contributed by atoms with E-state index in [1.54, 1.807) is 18.2 Å². The van der Waals surface area contributed by atoms with Crippen molar-refractivity contribution in [2.75, 3.05) is 6.54 Å². The zero-order valence-corrected chi connectivity index (χ0v) is 15.2. The van der Waals surface area contributed by atoms with Gasteiger partial charge in [-0.1, -0.05) is 42.5 Å². The average molecular weight is 376 g/mol. The number of nitro groups is 1. The number of non-ortho nitro benzene ring substituents is 1. The van der Waals surface area contributed by atoms with Gasteiger partial charge >= 0.3 is 0 Å². The van der Waals surface area contributed by atoms with Crippen molar-refractivity contribution in [3.8, 4) is 5.75 Å². The molecule has 1 saturated heterocycles. The summed E-state index contributed by atoms with van der Waals surface area (Å²) in [5.41, 5.74) is 1.55. The fourth-order valence-electron chi connectivity index (χ4n) is 4.16. The smallest absolute Gasteiger partial charge is 0.269 e. The van der Waals surface area contributed by atoms with Gasteiger partial charge in [0.25, 0.3) is 5.69 Å². The molecule has 1 fully saturated rings. The molecule has 0 aliphatic carbocycles. The molecule has 1 aliphatic heterocycles. The Morgan fingerprint density at radius 2 is 1.86 bits per heavy atom. The number of hydrogen-bond donors (Lipinski definition) is 1. The lowest BCUT2D eigenvalue weighted by atomic mass is 9.91. The highest BCUT2D eigenvalue weighted by Gasteiger charge is 2.34. The van der Waals surface area contributed by atoms with Crippen LogP contribution in [0.25, 0.3) is 10.8 Å². The summed E-state index contributed by atoms with van der Waals surface area (Å²) in [5, 5.41) is 23.7. The lowest BCUT2D eigenvalue weighted by Crippen LogP contribution is -2.35. The van der Waals surface area contributed by atoms with Crippen molar-refractivity contribution in [1.29, 1.82) is 0 Å². The summed E-state index contributed by atoms with van der Waals surface area (Å²) in [4.78, 5) is 24.4. The van der Waals surface area contributed by atoms with E-state index >= 15 is 0 Å². The van der Waals surface area contributed by atoms with E-state index in [1.807, 2.05) is 30.3 Å². The molecule has 0 saturated carbocycles. The Morgan fingerprint density at radius 1 is 1.11 bits per heavy atom. The minimum absolute atomic E-state index is 0.0120. The summed E-state index contributed by atoms with van der Waals surface area (Å²) in [6.45, 7) is 0.716. The molecule has 0 radical (unpaired) electrons. The summed E-state index contributed by atoms with van der Waals surface area (Å²) >= 11 is 0. The number of phenolic OH excluding ortho intramolecular Hbond substituents is 1. The van der Waals surface area contributed by atoms with E-state index in [0.717, 1.165) is 41.0 Å². The standard InChI is InChI=1S/C22H20N2O4/c25-14-18-5-3-13-23(18)22(16-7-10-17(11-8-16)24(27)28)21-19-6-2-1-4-15(19)9-12-20(21)26/h1-2,4,6-12,14,18,22,26H,3,5,13H2. The normalized spacial score (nSPS) is 18.2. The Bertz CT molecular complexity index is 1030. The van der Waals surface area contributed by atoms with Crippen molar-refractivity contribution in [2.24, 2.45) is 0 Å². The van der Waals surface area contributed by atoms with Gasteiger partial charge in [0.05, 0.1) is 17.0 Å². The van der Waals surface area contributed by atoms with Gasteiger partial charge in [0.15, 0.2) is 0 Å². The van der Waals surface area contributed by atoms with Crippen LogP contribution in [0.4, 0.5) is 5.69 Å². The monoisotopic (exact) mass is 376 g/mol. The Morgan fingerprint density at radius 3 is 2.57 bits per heavy atom. The fourth-order valence-corrected chi connectivity index (χ4v) is 4.16. The van der Waals surface area contributed by atoms with Crippen molar-refractivity contribution in [2.45, 2.75) is 24.9 Å². The third-order valence-electron chi connectivity index (χ3n) is 5.47. The largest absolute Gasteiger partial charge is 0.508 e. The summed E-state index contributed by atoms with van der Waals surface area (Å²) in [6.07, 6.45) is 2.60. The minimum atomic E-state index is -0.432. The van der Waals surface area contributed by atoms with Crippen molar-refractivity contribution < 1.29 is 14.8 Å². The van der Waals surface area contributed by atoms with Crippen molar-refractivity contribution in [3.63, 3.8) is 0 Å². The first-order valence-electron chi connectivity index (χ1n) is 9.26. The molecule has 142 valence electrons. The number of benzene rings is 3. The van der Waals surface area contributed by atoms with Gasteiger partial charge in [0.1, 0.15) is 12.0 Å². The number of fused-ring (bicyclic) bond motifs is 1. The van der Waals surface area contributed by atoms with Crippen molar-refractivity contribution in [1.82, 2.24) is 4.90 Å². The van der Waals surface area contributed by atoms with Crippen LogP contribution in [0, 0.1) is 10.1 Å². The quantitative estimate of drug-likeness (QED) is 0.410. The van der Waals surface area contributed by atoms with Crippen LogP contribution in [0.3, 0.4) is 0 Å². The second-order valence-corrected chi connectivity index (χ2v) is 7.05. The van der Waals surface area contributed by atoms with E-state index in [-0.39, 0.29) is 23.5 Å². The number of hydrogen-bond acceptors (Lipinski definition) is 5. The molecular formula is C22H20N2O4. The predicted molar refractivity (Wildman–Crippen MR) is 106 cm³/mol. The average Bonchev–Trinajstić information content (AvgIpc) is 3.18. The van der Waals surface area contributed by atoms with Crippen LogP contribution in [0.2, 0.25) is 0 Å². The first-order chi connectivity index (χ1) is 13.6. The van der Waals surface area contributed by atoms with Gasteiger partial charge in [-0.3, -0.25) is 15.0 Å². The highest BCUT2D eigenvalue weighted by Crippen LogP contribution is 2.42. The van der Waals surface area contributed by atoms with Gasteiger partial charge in [-0.05, 0) is 41.8 Å². The van der Waals surface area contributed by atoms with Crippen molar-refractivity contribution >= 4 is 22.7 Å². The van der Waals surface area contributed by atoms with Crippen LogP contribution >= 0.6 is 0 Å². The maximum atomic E-state index is 11.7. The third kappa shape index (κ3) is 3.12. The Kier molecular flexibility index (Phi) is 4.79. The summed E-state index contributed by atoms with van der Waals surface area (Å²) in [7, 11) is 0. The Hall–Kier alpha value is -3.25. The highest BCUT2D eigenvalue weighted by molar-refractivity contribution is 5.88. The molecule has 6 nitrogen and oxygen atoms in total. The molecule has 1 heterocycles. The zero-order valence-electron chi connectivity index (χ0n) is 15.2. The lowest BCUT2D eigenvalue weighted by Gasteiger charge is -2.32. The number of nitro benzene ring substituents is 1. The van der Waals surface area contributed by atoms with E-state index < -0.39 is 4.92 Å². The molecule has 0 aromatic heterocycles. The summed E-state index contributed by atoms with van der Waals surface area (Å²) in [6, 6.07) is 17.1. The summed E-state index contributed by atoms with van der Waals surface area (Å²) in [5.74, 6) is 0.151. The SMILES string of the molecule is O=CC1CCCN1C(c1ccc([N+](=O)[O-])cc1)c1c(O)ccc2ccccc12. The fraction of sp³-hybridized carbons (Fsp3) is 0.227. The molecule has 4 rings (SSSR count). The second kappa shape index (κ2) is 7.40. The Labute approximate surface area is 162 Å². The number of aldehydes is 1. The minimum Gasteiger partial charge on any atom is -0.508 e. The van der Waals surface area contributed by atoms with Crippen LogP contribution in [-0.2, 0) is 4.79 Å². The third-order valence-corrected chi connectivity index (χ3v) is 5.47. The van der Waals surface area contributed by atoms with E-state index in [9.17, 15) is 20.0 Å². The molecule has 3 aromatic carbocycles. The van der Waals surface area contributed by atoms with Gasteiger partial charge in [-0.2, -0.15) is 0 Å². The number of likely N-dealkylation sites (tertiary alicyclic amines) is 1. The topological polar surface area (TPSA) is 83.7 Å². The van der Waals surface area contributed by atoms with Crippen LogP contribution in [0.5, 0.6) is 5.75 Å². The number of carbonyl (C=O) groups excluding carboxylic acids is 1. The number of rotatable bonds is 5. The molecule has 6 heteroatoms. The maximum absolute atomic E-state index is 11.7. The van der Waals surface area contributed by atoms with Crippen molar-refractivity contribution in [3.05, 3.63) is 81.9 Å². The molecule has 0 amide bonds. The number of aromatic hydroxyl groups is 1. The molecule has 28 heavy (non-hydrogen) atoms. The van der Waals surface area contributed by atoms with Gasteiger partial charge in [-0.15, -0.1) is 0 Å². The van der Waals surface area contributed by atoms with Gasteiger partial charge in [0, 0.05) is 17.7 Å². The molecule has 0 bridgehead atoms. The highest BCUT2D eigenvalue weighted by atomic mass is 16.6. The molecular weight excluding hydrogens is 356 g/mol. The first-order valence-corrected chi connectivity index (χ1v) is 9.26. The molecule has 1 aliphatic rings. The number of nitrogens with zero attached hydrogens (tertiary/aromatic N) is 2. The first kappa shape index (κ1) is 18.1. The van der Waals surface area contributed by atoms with Gasteiger partial charge in [-0.25, -0.2) is 0 Å². The molecule has 1 N–H and O–H groups in total. The van der Waals surface area contributed by atoms with Gasteiger partial charge < -0.3 is 9.90 Å². The second-order valence-electron chi connectivity index (χ2n) is 7.05. The zero-order chi connectivity index (χ0) is 19.7. The van der Waals surface area contributed by atoms with Crippen LogP contribution < -0.4 is 0 Å². The van der Waals surface area contributed by atoms with Crippen LogP contribution in [0.1, 0.15) is 30.0 Å². The lowest BCUT2D eigenvalue weighted by molar-refractivity contribution is -0.384. The van der Waals surface area contributed by atoms with E-state index in [1.165, 1.54) is 12.1 Å². The number of carbonyl (C=O) groups is 1. The number of phenols is 1. The van der Waals surface area contributed by atoms with E-state index in [4.69, 9.17) is 0 Å².